The molecule has 1 aromatic carbocycles. The fourth-order valence-electron chi connectivity index (χ4n) is 2.56. The first-order valence-electron chi connectivity index (χ1n) is 6.86. The molecule has 4 nitrogen and oxygen atoms in total. The second-order valence-corrected chi connectivity index (χ2v) is 6.25. The van der Waals surface area contributed by atoms with Crippen molar-refractivity contribution < 1.29 is 0 Å². The summed E-state index contributed by atoms with van der Waals surface area (Å²) in [5.41, 5.74) is 7.61. The molecule has 3 N–H and O–H groups in total. The van der Waals surface area contributed by atoms with Crippen LogP contribution in [0.2, 0.25) is 0 Å². The molecule has 5 heteroatoms. The van der Waals surface area contributed by atoms with Gasteiger partial charge in [0.25, 0.3) is 0 Å². The average Bonchev–Trinajstić information content (AvgIpc) is 3.04. The van der Waals surface area contributed by atoms with Crippen molar-refractivity contribution >= 4 is 32.4 Å². The van der Waals surface area contributed by atoms with E-state index in [-0.39, 0.29) is 0 Å². The van der Waals surface area contributed by atoms with Crippen LogP contribution in [0.25, 0.3) is 10.2 Å². The van der Waals surface area contributed by atoms with Crippen molar-refractivity contribution in [3.8, 4) is 0 Å². The van der Waals surface area contributed by atoms with Crippen molar-refractivity contribution in [3.05, 3.63) is 18.2 Å². The maximum atomic E-state index is 5.79. The van der Waals surface area contributed by atoms with Crippen molar-refractivity contribution in [3.63, 3.8) is 0 Å². The van der Waals surface area contributed by atoms with E-state index >= 15 is 0 Å². The van der Waals surface area contributed by atoms with Gasteiger partial charge in [0.2, 0.25) is 0 Å². The first-order chi connectivity index (χ1) is 9.22. The van der Waals surface area contributed by atoms with Crippen LogP contribution >= 0.6 is 11.3 Å². The lowest BCUT2D eigenvalue weighted by molar-refractivity contribution is 0.269. The Bertz CT molecular complexity index is 560. The Labute approximate surface area is 117 Å². The van der Waals surface area contributed by atoms with Gasteiger partial charge in [0.1, 0.15) is 0 Å². The number of hydrogen-bond donors (Lipinski definition) is 2. The van der Waals surface area contributed by atoms with E-state index in [4.69, 9.17) is 5.73 Å². The molecule has 1 aliphatic heterocycles. The van der Waals surface area contributed by atoms with Crippen LogP contribution in [0.4, 0.5) is 10.8 Å². The number of nitrogens with two attached hydrogens (primary N) is 1. The van der Waals surface area contributed by atoms with Gasteiger partial charge in [-0.15, -0.1) is 0 Å². The summed E-state index contributed by atoms with van der Waals surface area (Å²) in [5.74, 6) is 0. The maximum Gasteiger partial charge on any atom is 0.183 e. The normalized spacial score (nSPS) is 17.9. The number of fused-ring (bicyclic) bond motifs is 1. The van der Waals surface area contributed by atoms with Crippen molar-refractivity contribution in [1.82, 2.24) is 9.88 Å². The number of anilines is 2. The summed E-state index contributed by atoms with van der Waals surface area (Å²) in [5, 5.41) is 4.45. The molecule has 0 aliphatic carbocycles. The van der Waals surface area contributed by atoms with E-state index in [0.717, 1.165) is 27.6 Å². The molecule has 3 rings (SSSR count). The number of nitrogens with zero attached hydrogens (tertiary/aromatic N) is 2. The largest absolute Gasteiger partial charge is 0.399 e. The van der Waals surface area contributed by atoms with E-state index in [1.165, 1.54) is 25.9 Å². The standard InChI is InChI=1S/C14H20N4S/c1-10(18-6-2-3-7-18)9-16-14-17-12-5-4-11(15)8-13(12)19-14/h4-5,8,10H,2-3,6-7,9,15H2,1H3,(H,16,17). The highest BCUT2D eigenvalue weighted by Gasteiger charge is 2.17. The third-order valence-electron chi connectivity index (χ3n) is 3.73. The predicted octanol–water partition coefficient (Wildman–Crippen LogP) is 2.77. The molecule has 0 saturated carbocycles. The molecular formula is C14H20N4S. The molecule has 0 radical (unpaired) electrons. The highest BCUT2D eigenvalue weighted by Crippen LogP contribution is 2.27. The van der Waals surface area contributed by atoms with Crippen molar-refractivity contribution in [2.24, 2.45) is 0 Å². The fourth-order valence-corrected chi connectivity index (χ4v) is 3.48. The zero-order chi connectivity index (χ0) is 13.2. The van der Waals surface area contributed by atoms with Crippen molar-refractivity contribution in [1.29, 1.82) is 0 Å². The first-order valence-corrected chi connectivity index (χ1v) is 7.68. The summed E-state index contributed by atoms with van der Waals surface area (Å²) >= 11 is 1.68. The molecule has 0 spiro atoms. The van der Waals surface area contributed by atoms with E-state index in [9.17, 15) is 0 Å². The SMILES string of the molecule is CC(CNc1nc2ccc(N)cc2s1)N1CCCC1. The van der Waals surface area contributed by atoms with Crippen LogP contribution in [-0.4, -0.2) is 35.6 Å². The van der Waals surface area contributed by atoms with E-state index in [1.54, 1.807) is 11.3 Å². The molecule has 1 aromatic heterocycles. The van der Waals surface area contributed by atoms with E-state index < -0.39 is 0 Å². The molecule has 2 aromatic rings. The molecule has 0 bridgehead atoms. The van der Waals surface area contributed by atoms with Gasteiger partial charge in [-0.2, -0.15) is 0 Å². The number of thiazole rings is 1. The summed E-state index contributed by atoms with van der Waals surface area (Å²) in [7, 11) is 0. The third-order valence-corrected chi connectivity index (χ3v) is 4.70. The van der Waals surface area contributed by atoms with Crippen LogP contribution in [0.1, 0.15) is 19.8 Å². The Balaban J connectivity index is 1.64. The minimum Gasteiger partial charge on any atom is -0.399 e. The fraction of sp³-hybridized carbons (Fsp3) is 0.500. The summed E-state index contributed by atoms with van der Waals surface area (Å²) in [6.07, 6.45) is 2.68. The average molecular weight is 276 g/mol. The topological polar surface area (TPSA) is 54.2 Å². The zero-order valence-corrected chi connectivity index (χ0v) is 12.0. The van der Waals surface area contributed by atoms with E-state index in [0.29, 0.717) is 6.04 Å². The van der Waals surface area contributed by atoms with E-state index in [1.807, 2.05) is 18.2 Å². The summed E-state index contributed by atoms with van der Waals surface area (Å²) in [4.78, 5) is 7.13. The van der Waals surface area contributed by atoms with Gasteiger partial charge in [0.05, 0.1) is 10.2 Å². The predicted molar refractivity (Wildman–Crippen MR) is 82.8 cm³/mol. The number of likely N-dealkylation sites (tertiary alicyclic amines) is 1. The summed E-state index contributed by atoms with van der Waals surface area (Å²) in [6, 6.07) is 6.44. The first kappa shape index (κ1) is 12.7. The highest BCUT2D eigenvalue weighted by molar-refractivity contribution is 7.22. The summed E-state index contributed by atoms with van der Waals surface area (Å²) in [6.45, 7) is 5.71. The second-order valence-electron chi connectivity index (χ2n) is 5.22. The van der Waals surface area contributed by atoms with Gasteiger partial charge in [0.15, 0.2) is 5.13 Å². The second kappa shape index (κ2) is 5.35. The molecule has 1 unspecified atom stereocenters. The maximum absolute atomic E-state index is 5.79. The van der Waals surface area contributed by atoms with Crippen LogP contribution in [0, 0.1) is 0 Å². The van der Waals surface area contributed by atoms with Crippen molar-refractivity contribution in [2.75, 3.05) is 30.7 Å². The van der Waals surface area contributed by atoms with Gasteiger partial charge < -0.3 is 11.1 Å². The molecule has 19 heavy (non-hydrogen) atoms. The number of nitrogens with one attached hydrogen (secondary N) is 1. The van der Waals surface area contributed by atoms with Gasteiger partial charge in [-0.1, -0.05) is 11.3 Å². The highest BCUT2D eigenvalue weighted by atomic mass is 32.1. The van der Waals surface area contributed by atoms with Gasteiger partial charge >= 0.3 is 0 Å². The van der Waals surface area contributed by atoms with Gasteiger partial charge in [0, 0.05) is 18.3 Å². The van der Waals surface area contributed by atoms with Crippen LogP contribution in [0.3, 0.4) is 0 Å². The lowest BCUT2D eigenvalue weighted by Gasteiger charge is -2.23. The number of benzene rings is 1. The molecular weight excluding hydrogens is 256 g/mol. The molecule has 1 aliphatic rings. The van der Waals surface area contributed by atoms with Crippen LogP contribution in [0.5, 0.6) is 0 Å². The molecule has 1 atom stereocenters. The number of rotatable bonds is 4. The van der Waals surface area contributed by atoms with E-state index in [2.05, 4.69) is 22.1 Å². The molecule has 1 saturated heterocycles. The quantitative estimate of drug-likeness (QED) is 0.843. The minimum atomic E-state index is 0.569. The zero-order valence-electron chi connectivity index (χ0n) is 11.2. The smallest absolute Gasteiger partial charge is 0.183 e. The van der Waals surface area contributed by atoms with Crippen molar-refractivity contribution in [2.45, 2.75) is 25.8 Å². The van der Waals surface area contributed by atoms with Gasteiger partial charge in [-0.05, 0) is 51.1 Å². The number of aromatic nitrogens is 1. The Morgan fingerprint density at radius 1 is 1.42 bits per heavy atom. The lowest BCUT2D eigenvalue weighted by Crippen LogP contribution is -2.35. The molecule has 0 amide bonds. The third kappa shape index (κ3) is 2.82. The Kier molecular flexibility index (Phi) is 3.57. The molecule has 1 fully saturated rings. The monoisotopic (exact) mass is 276 g/mol. The van der Waals surface area contributed by atoms with Gasteiger partial charge in [-0.25, -0.2) is 4.98 Å². The summed E-state index contributed by atoms with van der Waals surface area (Å²) < 4.78 is 1.15. The van der Waals surface area contributed by atoms with Crippen LogP contribution < -0.4 is 11.1 Å². The van der Waals surface area contributed by atoms with Crippen LogP contribution in [0.15, 0.2) is 18.2 Å². The lowest BCUT2D eigenvalue weighted by atomic mass is 10.3. The number of hydrogen-bond acceptors (Lipinski definition) is 5. The van der Waals surface area contributed by atoms with Crippen LogP contribution in [-0.2, 0) is 0 Å². The molecule has 2 heterocycles. The number of nitrogen functional groups attached to an aromatic ring is 1. The molecule has 102 valence electrons. The Morgan fingerprint density at radius 3 is 3.00 bits per heavy atom. The Morgan fingerprint density at radius 2 is 2.21 bits per heavy atom. The van der Waals surface area contributed by atoms with Gasteiger partial charge in [-0.3, -0.25) is 4.90 Å². The minimum absolute atomic E-state index is 0.569. The Hall–Kier alpha value is -1.33.